The molecule has 0 saturated carbocycles. The monoisotopic (exact) mass is 541 g/mol. The van der Waals surface area contributed by atoms with E-state index in [2.05, 4.69) is 32.7 Å². The summed E-state index contributed by atoms with van der Waals surface area (Å²) < 4.78 is 13.9. The van der Waals surface area contributed by atoms with Crippen molar-refractivity contribution < 1.29 is 4.39 Å². The number of nitriles is 1. The van der Waals surface area contributed by atoms with Gasteiger partial charge in [-0.25, -0.2) is 4.39 Å². The van der Waals surface area contributed by atoms with Crippen LogP contribution >= 0.6 is 35.6 Å². The summed E-state index contributed by atoms with van der Waals surface area (Å²) >= 11 is 5.95. The molecule has 1 aliphatic rings. The highest BCUT2D eigenvalue weighted by atomic mass is 127. The average Bonchev–Trinajstić information content (AvgIpc) is 2.75. The maximum Gasteiger partial charge on any atom is 0.191 e. The standard InChI is InChI=1S/C22H25ClFN5.HI/c1-26-22(27-14-18-12-17(13-25)4-7-21(18)24)28-20-8-10-29(11-9-20)15-16-2-5-19(23)6-3-16;/h2-7,12,20H,8-11,14-15H2,1H3,(H2,26,27,28);1H. The Hall–Kier alpha value is -1.89. The number of nitrogens with one attached hydrogen (secondary N) is 2. The fraction of sp³-hybridized carbons (Fsp3) is 0.364. The molecule has 0 unspecified atom stereocenters. The summed E-state index contributed by atoms with van der Waals surface area (Å²) in [5.41, 5.74) is 2.16. The van der Waals surface area contributed by atoms with Crippen molar-refractivity contribution in [3.63, 3.8) is 0 Å². The second kappa shape index (κ2) is 12.1. The van der Waals surface area contributed by atoms with E-state index < -0.39 is 0 Å². The summed E-state index contributed by atoms with van der Waals surface area (Å²) in [6.07, 6.45) is 2.01. The van der Waals surface area contributed by atoms with Crippen LogP contribution in [-0.2, 0) is 13.1 Å². The maximum absolute atomic E-state index is 13.9. The predicted octanol–water partition coefficient (Wildman–Crippen LogP) is 4.30. The summed E-state index contributed by atoms with van der Waals surface area (Å²) in [6, 6.07) is 14.7. The lowest BCUT2D eigenvalue weighted by Crippen LogP contribution is -2.48. The van der Waals surface area contributed by atoms with E-state index in [1.165, 1.54) is 17.7 Å². The summed E-state index contributed by atoms with van der Waals surface area (Å²) in [5, 5.41) is 16.3. The van der Waals surface area contributed by atoms with Gasteiger partial charge in [0.2, 0.25) is 0 Å². The molecule has 3 rings (SSSR count). The van der Waals surface area contributed by atoms with Gasteiger partial charge in [-0.05, 0) is 48.7 Å². The highest BCUT2D eigenvalue weighted by Crippen LogP contribution is 2.16. The number of likely N-dealkylation sites (tertiary alicyclic amines) is 1. The number of aliphatic imine (C=N–C) groups is 1. The molecule has 2 N–H and O–H groups in total. The van der Waals surface area contributed by atoms with Gasteiger partial charge in [0, 0.05) is 49.9 Å². The first-order valence-electron chi connectivity index (χ1n) is 9.70. The predicted molar refractivity (Wildman–Crippen MR) is 130 cm³/mol. The number of piperidine rings is 1. The summed E-state index contributed by atoms with van der Waals surface area (Å²) in [6.45, 7) is 3.19. The molecule has 0 atom stereocenters. The Bertz CT molecular complexity index is 889. The molecule has 1 saturated heterocycles. The lowest BCUT2D eigenvalue weighted by molar-refractivity contribution is 0.198. The first-order chi connectivity index (χ1) is 14.1. The molecule has 1 aliphatic heterocycles. The van der Waals surface area contributed by atoms with E-state index in [1.54, 1.807) is 13.1 Å². The zero-order valence-corrected chi connectivity index (χ0v) is 20.0. The van der Waals surface area contributed by atoms with Crippen LogP contribution in [0.4, 0.5) is 4.39 Å². The van der Waals surface area contributed by atoms with E-state index in [1.807, 2.05) is 18.2 Å². The van der Waals surface area contributed by atoms with Crippen LogP contribution in [0.1, 0.15) is 29.5 Å². The molecule has 0 bridgehead atoms. The Morgan fingerprint density at radius 1 is 1.23 bits per heavy atom. The second-order valence-corrected chi connectivity index (χ2v) is 7.60. The van der Waals surface area contributed by atoms with Crippen molar-refractivity contribution in [3.8, 4) is 6.07 Å². The molecular weight excluding hydrogens is 516 g/mol. The van der Waals surface area contributed by atoms with Gasteiger partial charge in [0.25, 0.3) is 0 Å². The molecular formula is C22H26ClFIN5. The smallest absolute Gasteiger partial charge is 0.191 e. The Morgan fingerprint density at radius 2 is 1.93 bits per heavy atom. The first-order valence-corrected chi connectivity index (χ1v) is 10.1. The van der Waals surface area contributed by atoms with E-state index in [0.29, 0.717) is 23.1 Å². The van der Waals surface area contributed by atoms with Gasteiger partial charge >= 0.3 is 0 Å². The Labute approximate surface area is 199 Å². The maximum atomic E-state index is 13.9. The molecule has 1 heterocycles. The molecule has 8 heteroatoms. The third-order valence-electron chi connectivity index (χ3n) is 5.09. The van der Waals surface area contributed by atoms with Crippen molar-refractivity contribution in [2.45, 2.75) is 32.0 Å². The number of hydrogen-bond acceptors (Lipinski definition) is 3. The Morgan fingerprint density at radius 3 is 2.57 bits per heavy atom. The van der Waals surface area contributed by atoms with Gasteiger partial charge in [0.15, 0.2) is 5.96 Å². The fourth-order valence-corrected chi connectivity index (χ4v) is 3.56. The quantitative estimate of drug-likeness (QED) is 0.337. The van der Waals surface area contributed by atoms with Gasteiger partial charge in [-0.15, -0.1) is 24.0 Å². The van der Waals surface area contributed by atoms with E-state index in [9.17, 15) is 4.39 Å². The first kappa shape index (κ1) is 24.4. The minimum Gasteiger partial charge on any atom is -0.354 e. The molecule has 0 spiro atoms. The van der Waals surface area contributed by atoms with Crippen LogP contribution < -0.4 is 10.6 Å². The van der Waals surface area contributed by atoms with Crippen LogP contribution in [0.15, 0.2) is 47.5 Å². The van der Waals surface area contributed by atoms with Gasteiger partial charge in [-0.3, -0.25) is 9.89 Å². The number of benzene rings is 2. The van der Waals surface area contributed by atoms with E-state index in [-0.39, 0.29) is 36.3 Å². The van der Waals surface area contributed by atoms with Crippen LogP contribution in [0, 0.1) is 17.1 Å². The molecule has 0 amide bonds. The molecule has 160 valence electrons. The molecule has 0 aromatic heterocycles. The number of rotatable bonds is 5. The SMILES string of the molecule is CN=C(NCc1cc(C#N)ccc1F)NC1CCN(Cc2ccc(Cl)cc2)CC1.I. The molecule has 30 heavy (non-hydrogen) atoms. The topological polar surface area (TPSA) is 63.5 Å². The number of halogens is 3. The Balaban J connectivity index is 0.00000320. The van der Waals surface area contributed by atoms with Crippen LogP contribution in [0.5, 0.6) is 0 Å². The van der Waals surface area contributed by atoms with Crippen LogP contribution in [0.2, 0.25) is 5.02 Å². The van der Waals surface area contributed by atoms with Crippen molar-refractivity contribution in [1.29, 1.82) is 5.26 Å². The van der Waals surface area contributed by atoms with Gasteiger partial charge < -0.3 is 10.6 Å². The highest BCUT2D eigenvalue weighted by molar-refractivity contribution is 14.0. The van der Waals surface area contributed by atoms with Gasteiger partial charge in [0.05, 0.1) is 11.6 Å². The van der Waals surface area contributed by atoms with Crippen molar-refractivity contribution in [2.24, 2.45) is 4.99 Å². The van der Waals surface area contributed by atoms with Gasteiger partial charge in [0.1, 0.15) is 5.82 Å². The fourth-order valence-electron chi connectivity index (χ4n) is 3.43. The van der Waals surface area contributed by atoms with Crippen LogP contribution in [0.3, 0.4) is 0 Å². The van der Waals surface area contributed by atoms with Gasteiger partial charge in [-0.2, -0.15) is 5.26 Å². The zero-order chi connectivity index (χ0) is 20.6. The van der Waals surface area contributed by atoms with E-state index in [0.717, 1.165) is 37.5 Å². The molecule has 2 aromatic rings. The molecule has 1 fully saturated rings. The highest BCUT2D eigenvalue weighted by Gasteiger charge is 2.20. The van der Waals surface area contributed by atoms with Gasteiger partial charge in [-0.1, -0.05) is 23.7 Å². The second-order valence-electron chi connectivity index (χ2n) is 7.16. The third kappa shape index (κ3) is 7.11. The van der Waals surface area contributed by atoms with Crippen LogP contribution in [-0.4, -0.2) is 37.0 Å². The van der Waals surface area contributed by atoms with Crippen molar-refractivity contribution >= 4 is 41.5 Å². The average molecular weight is 542 g/mol. The zero-order valence-electron chi connectivity index (χ0n) is 16.9. The molecule has 0 radical (unpaired) electrons. The molecule has 2 aromatic carbocycles. The van der Waals surface area contributed by atoms with Crippen molar-refractivity contribution in [1.82, 2.24) is 15.5 Å². The van der Waals surface area contributed by atoms with Crippen molar-refractivity contribution in [3.05, 3.63) is 70.0 Å². The minimum atomic E-state index is -0.331. The summed E-state index contributed by atoms with van der Waals surface area (Å²) in [4.78, 5) is 6.68. The molecule has 0 aliphatic carbocycles. The Kier molecular flexibility index (Phi) is 9.82. The third-order valence-corrected chi connectivity index (χ3v) is 5.34. The van der Waals surface area contributed by atoms with E-state index in [4.69, 9.17) is 16.9 Å². The summed E-state index contributed by atoms with van der Waals surface area (Å²) in [7, 11) is 1.70. The normalized spacial score (nSPS) is 15.2. The number of hydrogen-bond donors (Lipinski definition) is 2. The number of guanidine groups is 1. The number of nitrogens with zero attached hydrogens (tertiary/aromatic N) is 3. The summed E-state index contributed by atoms with van der Waals surface area (Å²) in [5.74, 6) is 0.311. The molecule has 5 nitrogen and oxygen atoms in total. The van der Waals surface area contributed by atoms with Crippen LogP contribution in [0.25, 0.3) is 0 Å². The largest absolute Gasteiger partial charge is 0.354 e. The van der Waals surface area contributed by atoms with Crippen molar-refractivity contribution in [2.75, 3.05) is 20.1 Å². The minimum absolute atomic E-state index is 0. The lowest BCUT2D eigenvalue weighted by atomic mass is 10.0. The lowest BCUT2D eigenvalue weighted by Gasteiger charge is -2.33. The van der Waals surface area contributed by atoms with E-state index >= 15 is 0 Å².